The van der Waals surface area contributed by atoms with E-state index in [-0.39, 0.29) is 12.0 Å². The van der Waals surface area contributed by atoms with Crippen molar-refractivity contribution in [2.75, 3.05) is 0 Å². The number of hydrogen-bond acceptors (Lipinski definition) is 2. The lowest BCUT2D eigenvalue weighted by Gasteiger charge is -2.15. The molecule has 0 aromatic rings. The van der Waals surface area contributed by atoms with Gasteiger partial charge in [-0.15, -0.1) is 0 Å². The maximum atomic E-state index is 11.3. The van der Waals surface area contributed by atoms with E-state index < -0.39 is 5.97 Å². The number of aliphatic hydroxyl groups is 1. The van der Waals surface area contributed by atoms with Crippen molar-refractivity contribution in [1.82, 2.24) is 0 Å². The minimum Gasteiger partial charge on any atom is -0.481 e. The van der Waals surface area contributed by atoms with Gasteiger partial charge in [-0.3, -0.25) is 4.79 Å². The van der Waals surface area contributed by atoms with Crippen LogP contribution in [0.25, 0.3) is 0 Å². The number of aliphatic hydroxyl groups excluding tert-OH is 1. The molecule has 0 aromatic heterocycles. The molecule has 1 aliphatic rings. The third-order valence-corrected chi connectivity index (χ3v) is 5.04. The third-order valence-electron chi connectivity index (χ3n) is 5.04. The first-order chi connectivity index (χ1) is 10.7. The molecule has 0 saturated heterocycles. The van der Waals surface area contributed by atoms with Gasteiger partial charge in [-0.05, 0) is 25.7 Å². The van der Waals surface area contributed by atoms with Gasteiger partial charge in [0.2, 0.25) is 0 Å². The number of carboxylic acids is 1. The summed E-state index contributed by atoms with van der Waals surface area (Å²) in [6, 6.07) is 0. The van der Waals surface area contributed by atoms with Crippen LogP contribution in [0.3, 0.4) is 0 Å². The van der Waals surface area contributed by atoms with Gasteiger partial charge in [0.25, 0.3) is 0 Å². The number of rotatable bonds is 1. The van der Waals surface area contributed by atoms with Gasteiger partial charge in [-0.1, -0.05) is 77.0 Å². The molecule has 0 heterocycles. The van der Waals surface area contributed by atoms with Crippen LogP contribution in [-0.4, -0.2) is 22.3 Å². The molecule has 0 aliphatic heterocycles. The third kappa shape index (κ3) is 10.2. The Balaban J connectivity index is 2.32. The van der Waals surface area contributed by atoms with E-state index in [4.69, 9.17) is 0 Å². The number of carbonyl (C=O) groups is 1. The summed E-state index contributed by atoms with van der Waals surface area (Å²) in [6.45, 7) is 0. The van der Waals surface area contributed by atoms with Gasteiger partial charge in [0, 0.05) is 0 Å². The van der Waals surface area contributed by atoms with Gasteiger partial charge in [0.1, 0.15) is 0 Å². The highest BCUT2D eigenvalue weighted by Gasteiger charge is 2.18. The molecule has 0 aromatic carbocycles. The predicted octanol–water partition coefficient (Wildman–Crippen LogP) is 5.30. The summed E-state index contributed by atoms with van der Waals surface area (Å²) < 4.78 is 0. The predicted molar refractivity (Wildman–Crippen MR) is 91.0 cm³/mol. The summed E-state index contributed by atoms with van der Waals surface area (Å²) in [4.78, 5) is 11.3. The minimum absolute atomic E-state index is 0.256. The van der Waals surface area contributed by atoms with E-state index in [2.05, 4.69) is 0 Å². The SMILES string of the molecule is O=C(O)C1CCCCCCCCCCCCCCC(O)CC1. The molecule has 0 radical (unpaired) electrons. The van der Waals surface area contributed by atoms with Crippen LogP contribution in [0.5, 0.6) is 0 Å². The fraction of sp³-hybridized carbons (Fsp3) is 0.947. The molecule has 3 heteroatoms. The van der Waals surface area contributed by atoms with Crippen molar-refractivity contribution in [3.05, 3.63) is 0 Å². The average Bonchev–Trinajstić information content (AvgIpc) is 2.49. The normalized spacial score (nSPS) is 28.4. The maximum Gasteiger partial charge on any atom is 0.306 e. The summed E-state index contributed by atoms with van der Waals surface area (Å²) in [5.41, 5.74) is 0. The van der Waals surface area contributed by atoms with Gasteiger partial charge in [0.15, 0.2) is 0 Å². The van der Waals surface area contributed by atoms with Crippen molar-refractivity contribution in [3.63, 3.8) is 0 Å². The second-order valence-corrected chi connectivity index (χ2v) is 7.09. The molecule has 22 heavy (non-hydrogen) atoms. The first-order valence-corrected chi connectivity index (χ1v) is 9.61. The first kappa shape index (κ1) is 19.5. The average molecular weight is 312 g/mol. The van der Waals surface area contributed by atoms with Gasteiger partial charge in [0.05, 0.1) is 12.0 Å². The van der Waals surface area contributed by atoms with Crippen LogP contribution in [0.2, 0.25) is 0 Å². The van der Waals surface area contributed by atoms with Crippen LogP contribution in [0, 0.1) is 5.92 Å². The van der Waals surface area contributed by atoms with E-state index in [1.165, 1.54) is 57.8 Å². The monoisotopic (exact) mass is 312 g/mol. The summed E-state index contributed by atoms with van der Waals surface area (Å²) in [7, 11) is 0. The van der Waals surface area contributed by atoms with Crippen molar-refractivity contribution in [3.8, 4) is 0 Å². The molecule has 2 unspecified atom stereocenters. The van der Waals surface area contributed by atoms with E-state index in [1.807, 2.05) is 0 Å². The molecule has 130 valence electrons. The minimum atomic E-state index is -0.679. The maximum absolute atomic E-state index is 11.3. The summed E-state index contributed by atoms with van der Waals surface area (Å²) in [6.07, 6.45) is 17.7. The van der Waals surface area contributed by atoms with Gasteiger partial charge in [-0.25, -0.2) is 0 Å². The van der Waals surface area contributed by atoms with Crippen molar-refractivity contribution < 1.29 is 15.0 Å². The Kier molecular flexibility index (Phi) is 11.4. The topological polar surface area (TPSA) is 57.5 Å². The molecule has 0 bridgehead atoms. The molecule has 0 spiro atoms. The van der Waals surface area contributed by atoms with Crippen molar-refractivity contribution in [1.29, 1.82) is 0 Å². The van der Waals surface area contributed by atoms with E-state index in [1.54, 1.807) is 0 Å². The number of aliphatic carboxylic acids is 1. The molecule has 3 nitrogen and oxygen atoms in total. The van der Waals surface area contributed by atoms with Crippen LogP contribution in [-0.2, 0) is 4.79 Å². The molecule has 1 aliphatic carbocycles. The van der Waals surface area contributed by atoms with Crippen LogP contribution in [0.15, 0.2) is 0 Å². The second-order valence-electron chi connectivity index (χ2n) is 7.09. The smallest absolute Gasteiger partial charge is 0.306 e. The molecular weight excluding hydrogens is 276 g/mol. The van der Waals surface area contributed by atoms with E-state index in [0.29, 0.717) is 12.8 Å². The van der Waals surface area contributed by atoms with Crippen molar-refractivity contribution in [2.45, 2.75) is 109 Å². The summed E-state index contributed by atoms with van der Waals surface area (Å²) in [5.74, 6) is -0.935. The molecule has 0 amide bonds. The summed E-state index contributed by atoms with van der Waals surface area (Å²) >= 11 is 0. The lowest BCUT2D eigenvalue weighted by Crippen LogP contribution is -2.17. The first-order valence-electron chi connectivity index (χ1n) is 9.61. The Morgan fingerprint density at radius 3 is 1.45 bits per heavy atom. The lowest BCUT2D eigenvalue weighted by molar-refractivity contribution is -0.142. The summed E-state index contributed by atoms with van der Waals surface area (Å²) in [5, 5.41) is 19.3. The Hall–Kier alpha value is -0.570. The molecule has 2 atom stereocenters. The molecule has 1 saturated carbocycles. The lowest BCUT2D eigenvalue weighted by atomic mass is 9.93. The zero-order valence-electron chi connectivity index (χ0n) is 14.3. The fourth-order valence-corrected chi connectivity index (χ4v) is 3.47. The molecule has 1 rings (SSSR count). The molecule has 2 N–H and O–H groups in total. The Labute approximate surface area is 136 Å². The Morgan fingerprint density at radius 1 is 0.591 bits per heavy atom. The highest BCUT2D eigenvalue weighted by Crippen LogP contribution is 2.21. The zero-order valence-corrected chi connectivity index (χ0v) is 14.3. The van der Waals surface area contributed by atoms with E-state index >= 15 is 0 Å². The quantitative estimate of drug-likeness (QED) is 0.690. The molecular formula is C19H36O3. The van der Waals surface area contributed by atoms with E-state index in [0.717, 1.165) is 32.1 Å². The fourth-order valence-electron chi connectivity index (χ4n) is 3.47. The highest BCUT2D eigenvalue weighted by atomic mass is 16.4. The highest BCUT2D eigenvalue weighted by molar-refractivity contribution is 5.69. The van der Waals surface area contributed by atoms with Crippen LogP contribution < -0.4 is 0 Å². The standard InChI is InChI=1S/C19H36O3/c20-18-14-12-10-8-6-4-2-1-3-5-7-9-11-13-17(15-16-18)19(21)22/h17-18,20H,1-16H2,(H,21,22). The van der Waals surface area contributed by atoms with Gasteiger partial charge < -0.3 is 10.2 Å². The van der Waals surface area contributed by atoms with E-state index in [9.17, 15) is 15.0 Å². The van der Waals surface area contributed by atoms with Crippen molar-refractivity contribution >= 4 is 5.97 Å². The largest absolute Gasteiger partial charge is 0.481 e. The molecule has 1 fully saturated rings. The van der Waals surface area contributed by atoms with Crippen LogP contribution in [0.1, 0.15) is 103 Å². The Bertz CT molecular complexity index is 278. The van der Waals surface area contributed by atoms with Gasteiger partial charge >= 0.3 is 5.97 Å². The van der Waals surface area contributed by atoms with Crippen LogP contribution in [0.4, 0.5) is 0 Å². The second kappa shape index (κ2) is 12.9. The van der Waals surface area contributed by atoms with Crippen molar-refractivity contribution in [2.24, 2.45) is 5.92 Å². The van der Waals surface area contributed by atoms with Crippen LogP contribution >= 0.6 is 0 Å². The zero-order chi connectivity index (χ0) is 16.0. The number of hydrogen-bond donors (Lipinski definition) is 2. The number of carboxylic acid groups (broad SMARTS) is 1. The van der Waals surface area contributed by atoms with Gasteiger partial charge in [-0.2, -0.15) is 0 Å². The Morgan fingerprint density at radius 2 is 1.00 bits per heavy atom.